The molecular weight excluding hydrogens is 804 g/mol. The standard InChI is InChI=1S/C39H38O21/c40-18-5-1-16(2-6-18)3-8-29(46)54-14-26-31(48)34(51)36(53)39(60-26)58-25-12-20-23(56-37(25)17-4-7-21(42)22(43)9-17)10-19(41)11-24(20)57-38-35(52)33(50)32(49)27(59-38)15-55-30(47)13-28(44)45/h1-12,26-27,31-36,38-39,48-53H,13-15H2,(H4-,40,41,42,43,44,45,46)/p+1/t26-,27-,31-,32-,33-,34-,35-,36-,38-,39-/m1/s1. The van der Waals surface area contributed by atoms with Gasteiger partial charge in [0.15, 0.2) is 11.5 Å². The monoisotopic (exact) mass is 843 g/mol. The Morgan fingerprint density at radius 2 is 1.25 bits per heavy atom. The van der Waals surface area contributed by atoms with Gasteiger partial charge in [-0.05, 0) is 35.9 Å². The van der Waals surface area contributed by atoms with Crippen LogP contribution < -0.4 is 9.47 Å². The second-order valence-corrected chi connectivity index (χ2v) is 13.6. The van der Waals surface area contributed by atoms with Gasteiger partial charge in [-0.25, -0.2) is 9.21 Å². The maximum atomic E-state index is 12.5. The normalized spacial score (nSPS) is 26.7. The van der Waals surface area contributed by atoms with Crippen LogP contribution in [0.25, 0.3) is 28.4 Å². The number of aliphatic carboxylic acids is 1. The lowest BCUT2D eigenvalue weighted by Crippen LogP contribution is -2.60. The Morgan fingerprint density at radius 3 is 1.85 bits per heavy atom. The maximum absolute atomic E-state index is 12.5. The predicted molar refractivity (Wildman–Crippen MR) is 197 cm³/mol. The van der Waals surface area contributed by atoms with Gasteiger partial charge in [0.1, 0.15) is 91.1 Å². The quantitative estimate of drug-likeness (QED) is 0.0274. The average molecular weight is 844 g/mol. The van der Waals surface area contributed by atoms with E-state index in [0.717, 1.165) is 30.3 Å². The van der Waals surface area contributed by atoms with Crippen molar-refractivity contribution in [1.82, 2.24) is 0 Å². The minimum Gasteiger partial charge on any atom is -0.508 e. The van der Waals surface area contributed by atoms with Crippen LogP contribution in [0.5, 0.6) is 34.5 Å². The molecule has 0 unspecified atom stereocenters. The largest absolute Gasteiger partial charge is 0.508 e. The number of carboxylic acid groups (broad SMARTS) is 1. The van der Waals surface area contributed by atoms with E-state index in [-0.39, 0.29) is 39.5 Å². The van der Waals surface area contributed by atoms with Crippen LogP contribution in [0.15, 0.2) is 71.2 Å². The summed E-state index contributed by atoms with van der Waals surface area (Å²) in [6, 6.07) is 12.7. The number of benzene rings is 3. The van der Waals surface area contributed by atoms with Gasteiger partial charge in [-0.1, -0.05) is 12.1 Å². The Bertz CT molecular complexity index is 2230. The number of aromatic hydroxyl groups is 4. The SMILES string of the molecule is O=C(O)CC(=O)OC[C@H]1O[C@@H](Oc2cc(O)cc3[o+]c(-c4ccc(O)c(O)c4)c(O[C@@H]4O[C@H](COC(=O)/C=C/c5ccc(O)cc5)[C@@H](O)[C@@H](O)[C@H]4O)cc23)[C@H](O)[C@H](O)[C@@H]1O. The summed E-state index contributed by atoms with van der Waals surface area (Å²) in [6.07, 6.45) is -16.8. The van der Waals surface area contributed by atoms with Gasteiger partial charge in [0.2, 0.25) is 18.3 Å². The predicted octanol–water partition coefficient (Wildman–Crippen LogP) is -0.149. The zero-order valence-corrected chi connectivity index (χ0v) is 30.8. The molecule has 0 saturated carbocycles. The first-order chi connectivity index (χ1) is 28.5. The number of fused-ring (bicyclic) bond motifs is 1. The van der Waals surface area contributed by atoms with E-state index in [0.29, 0.717) is 5.56 Å². The van der Waals surface area contributed by atoms with Gasteiger partial charge in [-0.15, -0.1) is 0 Å². The number of hydrogen-bond donors (Lipinski definition) is 11. The van der Waals surface area contributed by atoms with Crippen molar-refractivity contribution in [1.29, 1.82) is 0 Å². The molecule has 0 spiro atoms. The van der Waals surface area contributed by atoms with Gasteiger partial charge in [-0.3, -0.25) is 9.59 Å². The van der Waals surface area contributed by atoms with E-state index in [2.05, 4.69) is 0 Å². The first-order valence-electron chi connectivity index (χ1n) is 17.9. The number of phenols is 4. The Labute approximate surface area is 337 Å². The molecule has 0 radical (unpaired) electrons. The second kappa shape index (κ2) is 18.3. The number of aliphatic hydroxyl groups is 6. The highest BCUT2D eigenvalue weighted by Crippen LogP contribution is 2.43. The highest BCUT2D eigenvalue weighted by Gasteiger charge is 2.48. The smallest absolute Gasteiger partial charge is 0.402 e. The van der Waals surface area contributed by atoms with Crippen molar-refractivity contribution in [2.45, 2.75) is 67.8 Å². The highest BCUT2D eigenvalue weighted by molar-refractivity contribution is 5.90. The molecule has 2 fully saturated rings. The molecular formula is C39H39O21+. The Hall–Kier alpha value is -6.30. The van der Waals surface area contributed by atoms with Crippen molar-refractivity contribution in [2.24, 2.45) is 0 Å². The molecule has 11 N–H and O–H groups in total. The van der Waals surface area contributed by atoms with E-state index >= 15 is 0 Å². The fourth-order valence-corrected chi connectivity index (χ4v) is 6.09. The average Bonchev–Trinajstić information content (AvgIpc) is 3.20. The van der Waals surface area contributed by atoms with E-state index in [4.69, 9.17) is 37.9 Å². The molecule has 3 aromatic carbocycles. The van der Waals surface area contributed by atoms with Crippen molar-refractivity contribution in [3.05, 3.63) is 72.3 Å². The highest BCUT2D eigenvalue weighted by atomic mass is 16.7. The molecule has 10 atom stereocenters. The molecule has 1 aromatic heterocycles. The topological polar surface area (TPSA) is 340 Å². The molecule has 2 aliphatic rings. The van der Waals surface area contributed by atoms with E-state index in [1.54, 1.807) is 0 Å². The molecule has 4 aromatic rings. The summed E-state index contributed by atoms with van der Waals surface area (Å²) < 4.78 is 39.3. The number of carbonyl (C=O) groups is 3. The number of carbonyl (C=O) groups excluding carboxylic acids is 2. The summed E-state index contributed by atoms with van der Waals surface area (Å²) in [5.41, 5.74) is 0.414. The van der Waals surface area contributed by atoms with Crippen molar-refractivity contribution >= 4 is 35.0 Å². The number of rotatable bonds is 13. The first kappa shape index (κ1) is 43.3. The fraction of sp³-hybridized carbons (Fsp3) is 0.333. The third-order valence-corrected chi connectivity index (χ3v) is 9.26. The second-order valence-electron chi connectivity index (χ2n) is 13.6. The molecule has 21 nitrogen and oxygen atoms in total. The van der Waals surface area contributed by atoms with Crippen LogP contribution >= 0.6 is 0 Å². The van der Waals surface area contributed by atoms with Crippen LogP contribution in [0.3, 0.4) is 0 Å². The number of carboxylic acids is 1. The van der Waals surface area contributed by atoms with Crippen molar-refractivity contribution in [2.75, 3.05) is 13.2 Å². The van der Waals surface area contributed by atoms with Crippen molar-refractivity contribution < 1.29 is 103 Å². The lowest BCUT2D eigenvalue weighted by Gasteiger charge is -2.40. The molecule has 0 aliphatic carbocycles. The first-order valence-corrected chi connectivity index (χ1v) is 17.9. The van der Waals surface area contributed by atoms with E-state index < -0.39 is 116 Å². The van der Waals surface area contributed by atoms with E-state index in [1.165, 1.54) is 42.5 Å². The van der Waals surface area contributed by atoms with E-state index in [1.807, 2.05) is 0 Å². The number of aliphatic hydroxyl groups excluding tert-OH is 6. The van der Waals surface area contributed by atoms with Crippen LogP contribution in [0, 0.1) is 0 Å². The third kappa shape index (κ3) is 9.93. The lowest BCUT2D eigenvalue weighted by molar-refractivity contribution is -0.278. The minimum atomic E-state index is -1.97. The van der Waals surface area contributed by atoms with Crippen LogP contribution in [-0.2, 0) is 33.3 Å². The zero-order chi connectivity index (χ0) is 43.4. The van der Waals surface area contributed by atoms with Gasteiger partial charge in [0.05, 0.1) is 11.6 Å². The van der Waals surface area contributed by atoms with Gasteiger partial charge in [0, 0.05) is 24.3 Å². The number of phenolic OH excluding ortho intramolecular Hbond substituents is 4. The number of ether oxygens (including phenoxy) is 6. The number of esters is 2. The van der Waals surface area contributed by atoms with Gasteiger partial charge < -0.3 is 84.6 Å². The molecule has 2 saturated heterocycles. The summed E-state index contributed by atoms with van der Waals surface area (Å²) in [5, 5.41) is 113. The maximum Gasteiger partial charge on any atom is 0.402 e. The number of hydrogen-bond acceptors (Lipinski definition) is 19. The molecule has 320 valence electrons. The zero-order valence-electron chi connectivity index (χ0n) is 30.8. The summed E-state index contributed by atoms with van der Waals surface area (Å²) in [7, 11) is 0. The molecule has 6 rings (SSSR count). The van der Waals surface area contributed by atoms with Crippen molar-refractivity contribution in [3.8, 4) is 45.8 Å². The van der Waals surface area contributed by atoms with Crippen LogP contribution in [0.4, 0.5) is 0 Å². The lowest BCUT2D eigenvalue weighted by atomic mass is 9.99. The Kier molecular flexibility index (Phi) is 13.2. The van der Waals surface area contributed by atoms with Crippen LogP contribution in [-0.4, -0.2) is 149 Å². The Balaban J connectivity index is 1.30. The summed E-state index contributed by atoms with van der Waals surface area (Å²) in [4.78, 5) is 35.2. The van der Waals surface area contributed by atoms with Gasteiger partial charge in [-0.2, -0.15) is 0 Å². The third-order valence-electron chi connectivity index (χ3n) is 9.26. The summed E-state index contributed by atoms with van der Waals surface area (Å²) >= 11 is 0. The minimum absolute atomic E-state index is 0.0133. The van der Waals surface area contributed by atoms with Crippen molar-refractivity contribution in [3.63, 3.8) is 0 Å². The van der Waals surface area contributed by atoms with Crippen LogP contribution in [0.2, 0.25) is 0 Å². The van der Waals surface area contributed by atoms with E-state index in [9.17, 15) is 65.4 Å². The molecule has 3 heterocycles. The molecule has 21 heteroatoms. The fourth-order valence-electron chi connectivity index (χ4n) is 6.09. The molecule has 2 aliphatic heterocycles. The molecule has 0 amide bonds. The Morgan fingerprint density at radius 1 is 0.650 bits per heavy atom. The summed E-state index contributed by atoms with van der Waals surface area (Å²) in [5.74, 6) is -6.07. The van der Waals surface area contributed by atoms with Gasteiger partial charge in [0.25, 0.3) is 0 Å². The van der Waals surface area contributed by atoms with Crippen LogP contribution in [0.1, 0.15) is 12.0 Å². The van der Waals surface area contributed by atoms with Gasteiger partial charge >= 0.3 is 29.3 Å². The molecule has 0 bridgehead atoms. The molecule has 60 heavy (non-hydrogen) atoms. The summed E-state index contributed by atoms with van der Waals surface area (Å²) in [6.45, 7) is -1.42.